The van der Waals surface area contributed by atoms with Crippen LogP contribution in [0, 0.1) is 0 Å². The van der Waals surface area contributed by atoms with Crippen molar-refractivity contribution in [3.63, 3.8) is 0 Å². The van der Waals surface area contributed by atoms with E-state index in [4.69, 9.17) is 0 Å². The van der Waals surface area contributed by atoms with Gasteiger partial charge >= 0.3 is 0 Å². The van der Waals surface area contributed by atoms with Gasteiger partial charge in [0.05, 0.1) is 18.3 Å². The second-order valence-electron chi connectivity index (χ2n) is 5.81. The first-order valence-electron chi connectivity index (χ1n) is 7.38. The smallest absolute Gasteiger partial charge is 0.264 e. The number of hydrogen-bond donors (Lipinski definition) is 2. The van der Waals surface area contributed by atoms with Crippen LogP contribution in [0.25, 0.3) is 0 Å². The van der Waals surface area contributed by atoms with Crippen LogP contribution in [-0.4, -0.2) is 22.2 Å². The number of amides is 1. The van der Waals surface area contributed by atoms with Gasteiger partial charge < -0.3 is 15.1 Å². The van der Waals surface area contributed by atoms with Crippen LogP contribution in [0.15, 0.2) is 54.6 Å². The number of carbonyl (C=O) groups excluding carboxylic acids is 1. The molecule has 1 aliphatic heterocycles. The minimum Gasteiger partial charge on any atom is -0.393 e. The van der Waals surface area contributed by atoms with Gasteiger partial charge in [-0.05, 0) is 18.6 Å². The Kier molecular flexibility index (Phi) is 3.72. The predicted octanol–water partition coefficient (Wildman–Crippen LogP) is 2.19. The van der Waals surface area contributed by atoms with E-state index in [1.165, 1.54) is 0 Å². The molecule has 0 unspecified atom stereocenters. The molecule has 0 radical (unpaired) electrons. The Morgan fingerprint density at radius 1 is 1.09 bits per heavy atom. The first-order valence-corrected chi connectivity index (χ1v) is 7.38. The molecular weight excluding hydrogens is 278 g/mol. The molecule has 1 heterocycles. The van der Waals surface area contributed by atoms with Crippen LogP contribution in [0.4, 0.5) is 5.69 Å². The van der Waals surface area contributed by atoms with Crippen molar-refractivity contribution in [3.8, 4) is 0 Å². The Bertz CT molecular complexity index is 684. The highest BCUT2D eigenvalue weighted by Crippen LogP contribution is 2.43. The van der Waals surface area contributed by atoms with Gasteiger partial charge in [-0.15, -0.1) is 0 Å². The van der Waals surface area contributed by atoms with Crippen molar-refractivity contribution < 1.29 is 15.0 Å². The summed E-state index contributed by atoms with van der Waals surface area (Å²) < 4.78 is 0. The van der Waals surface area contributed by atoms with E-state index in [2.05, 4.69) is 0 Å². The number of anilines is 1. The minimum atomic E-state index is -1.65. The average molecular weight is 297 g/mol. The van der Waals surface area contributed by atoms with Gasteiger partial charge in [-0.25, -0.2) is 0 Å². The van der Waals surface area contributed by atoms with Crippen molar-refractivity contribution in [2.75, 3.05) is 4.90 Å². The maximum atomic E-state index is 12.8. The van der Waals surface area contributed by atoms with Gasteiger partial charge in [0.2, 0.25) is 0 Å². The van der Waals surface area contributed by atoms with E-state index in [1.54, 1.807) is 24.0 Å². The number of carbonyl (C=O) groups is 1. The van der Waals surface area contributed by atoms with Crippen molar-refractivity contribution >= 4 is 11.6 Å². The second-order valence-corrected chi connectivity index (χ2v) is 5.81. The van der Waals surface area contributed by atoms with Crippen LogP contribution in [0.3, 0.4) is 0 Å². The normalized spacial score (nSPS) is 21.8. The number of aliphatic hydroxyl groups excluding tert-OH is 1. The second kappa shape index (κ2) is 5.55. The van der Waals surface area contributed by atoms with Gasteiger partial charge in [-0.2, -0.15) is 0 Å². The lowest BCUT2D eigenvalue weighted by molar-refractivity contribution is -0.139. The fourth-order valence-electron chi connectivity index (χ4n) is 3.05. The lowest BCUT2D eigenvalue weighted by Crippen LogP contribution is -2.41. The van der Waals surface area contributed by atoms with Crippen molar-refractivity contribution in [3.05, 3.63) is 65.7 Å². The molecule has 3 rings (SSSR count). The number of aliphatic hydroxyl groups is 2. The van der Waals surface area contributed by atoms with Gasteiger partial charge in [0, 0.05) is 12.0 Å². The van der Waals surface area contributed by atoms with Crippen molar-refractivity contribution in [1.29, 1.82) is 0 Å². The lowest BCUT2D eigenvalue weighted by atomic mass is 9.90. The summed E-state index contributed by atoms with van der Waals surface area (Å²) in [6.07, 6.45) is -0.771. The third-order valence-electron chi connectivity index (χ3n) is 4.01. The Morgan fingerprint density at radius 2 is 1.73 bits per heavy atom. The summed E-state index contributed by atoms with van der Waals surface area (Å²) in [5.74, 6) is -0.376. The van der Waals surface area contributed by atoms with Crippen LogP contribution in [0.2, 0.25) is 0 Å². The van der Waals surface area contributed by atoms with Crippen LogP contribution >= 0.6 is 0 Å². The highest BCUT2D eigenvalue weighted by Gasteiger charge is 2.49. The predicted molar refractivity (Wildman–Crippen MR) is 84.3 cm³/mol. The Balaban J connectivity index is 2.01. The molecule has 4 nitrogen and oxygen atoms in total. The molecular formula is C18H19NO3. The molecule has 1 amide bonds. The minimum absolute atomic E-state index is 0.00582. The maximum Gasteiger partial charge on any atom is 0.264 e. The standard InChI is InChI=1S/C18H19NO3/c1-13(20)11-18(22)15-9-5-6-10-16(15)19(17(18)21)12-14-7-3-2-4-8-14/h2-10,13,20,22H,11-12H2,1H3/t13-,18+/m0/s1. The summed E-state index contributed by atoms with van der Waals surface area (Å²) in [7, 11) is 0. The molecule has 2 N–H and O–H groups in total. The molecule has 0 saturated heterocycles. The zero-order chi connectivity index (χ0) is 15.7. The van der Waals surface area contributed by atoms with E-state index in [9.17, 15) is 15.0 Å². The number of nitrogens with zero attached hydrogens (tertiary/aromatic N) is 1. The van der Waals surface area contributed by atoms with Gasteiger partial charge in [0.25, 0.3) is 5.91 Å². The van der Waals surface area contributed by atoms with E-state index in [0.717, 1.165) is 5.56 Å². The summed E-state index contributed by atoms with van der Waals surface area (Å²) >= 11 is 0. The number of para-hydroxylation sites is 1. The quantitative estimate of drug-likeness (QED) is 0.909. The molecule has 2 atom stereocenters. The Morgan fingerprint density at radius 3 is 2.41 bits per heavy atom. The molecule has 0 spiro atoms. The fourth-order valence-corrected chi connectivity index (χ4v) is 3.05. The Labute approximate surface area is 129 Å². The van der Waals surface area contributed by atoms with Gasteiger partial charge in [-0.1, -0.05) is 48.5 Å². The largest absolute Gasteiger partial charge is 0.393 e. The first kappa shape index (κ1) is 14.8. The van der Waals surface area contributed by atoms with Crippen molar-refractivity contribution in [1.82, 2.24) is 0 Å². The number of fused-ring (bicyclic) bond motifs is 1. The average Bonchev–Trinajstić information content (AvgIpc) is 2.70. The van der Waals surface area contributed by atoms with E-state index in [0.29, 0.717) is 17.8 Å². The number of benzene rings is 2. The van der Waals surface area contributed by atoms with Crippen molar-refractivity contribution in [2.24, 2.45) is 0 Å². The van der Waals surface area contributed by atoms with E-state index < -0.39 is 11.7 Å². The zero-order valence-corrected chi connectivity index (χ0v) is 12.4. The summed E-state index contributed by atoms with van der Waals surface area (Å²) in [5.41, 5.74) is 0.614. The third kappa shape index (κ3) is 2.40. The molecule has 2 aromatic carbocycles. The highest BCUT2D eigenvalue weighted by atomic mass is 16.3. The molecule has 0 bridgehead atoms. The maximum absolute atomic E-state index is 12.8. The van der Waals surface area contributed by atoms with Gasteiger partial charge in [0.15, 0.2) is 5.60 Å². The molecule has 1 aliphatic rings. The van der Waals surface area contributed by atoms with Crippen LogP contribution in [0.1, 0.15) is 24.5 Å². The zero-order valence-electron chi connectivity index (χ0n) is 12.4. The topological polar surface area (TPSA) is 60.8 Å². The summed E-state index contributed by atoms with van der Waals surface area (Å²) in [5, 5.41) is 20.5. The molecule has 0 fully saturated rings. The van der Waals surface area contributed by atoms with Gasteiger partial charge in [0.1, 0.15) is 0 Å². The fraction of sp³-hybridized carbons (Fsp3) is 0.278. The molecule has 0 aromatic heterocycles. The van der Waals surface area contributed by atoms with E-state index in [-0.39, 0.29) is 12.3 Å². The lowest BCUT2D eigenvalue weighted by Gasteiger charge is -2.24. The van der Waals surface area contributed by atoms with Crippen LogP contribution in [-0.2, 0) is 16.9 Å². The monoisotopic (exact) mass is 297 g/mol. The van der Waals surface area contributed by atoms with Gasteiger partial charge in [-0.3, -0.25) is 4.79 Å². The molecule has 114 valence electrons. The Hall–Kier alpha value is -2.17. The SMILES string of the molecule is C[C@H](O)C[C@]1(O)C(=O)N(Cc2ccccc2)c2ccccc21. The third-order valence-corrected chi connectivity index (χ3v) is 4.01. The molecule has 0 aliphatic carbocycles. The molecule has 4 heteroatoms. The summed E-state index contributed by atoms with van der Waals surface area (Å²) in [4.78, 5) is 14.4. The van der Waals surface area contributed by atoms with Crippen molar-refractivity contribution in [2.45, 2.75) is 31.6 Å². The number of hydrogen-bond acceptors (Lipinski definition) is 3. The van der Waals surface area contributed by atoms with E-state index >= 15 is 0 Å². The molecule has 22 heavy (non-hydrogen) atoms. The number of rotatable bonds is 4. The first-order chi connectivity index (χ1) is 10.5. The summed E-state index contributed by atoms with van der Waals surface area (Å²) in [6, 6.07) is 16.9. The van der Waals surface area contributed by atoms with E-state index in [1.807, 2.05) is 42.5 Å². The highest BCUT2D eigenvalue weighted by molar-refractivity contribution is 6.06. The van der Waals surface area contributed by atoms with Crippen LogP contribution in [0.5, 0.6) is 0 Å². The molecule has 2 aromatic rings. The summed E-state index contributed by atoms with van der Waals surface area (Å²) in [6.45, 7) is 1.98. The van der Waals surface area contributed by atoms with Crippen LogP contribution < -0.4 is 4.90 Å². The molecule has 0 saturated carbocycles.